The van der Waals surface area contributed by atoms with Crippen molar-refractivity contribution < 1.29 is 9.90 Å². The van der Waals surface area contributed by atoms with Crippen LogP contribution >= 0.6 is 11.8 Å². The van der Waals surface area contributed by atoms with Gasteiger partial charge in [0.2, 0.25) is 5.95 Å². The lowest BCUT2D eigenvalue weighted by Gasteiger charge is -2.36. The Morgan fingerprint density at radius 3 is 2.76 bits per heavy atom. The fourth-order valence-corrected chi connectivity index (χ4v) is 3.79. The number of aliphatic carboxylic acids is 1. The highest BCUT2D eigenvalue weighted by Crippen LogP contribution is 2.31. The second kappa shape index (κ2) is 7.15. The Morgan fingerprint density at radius 1 is 1.43 bits per heavy atom. The number of hydrogen-bond donors (Lipinski definition) is 1. The van der Waals surface area contributed by atoms with Crippen LogP contribution in [0.25, 0.3) is 0 Å². The molecule has 1 aliphatic rings. The van der Waals surface area contributed by atoms with Gasteiger partial charge in [-0.1, -0.05) is 31.5 Å². The number of aromatic nitrogens is 3. The smallest absolute Gasteiger partial charge is 0.313 e. The number of carboxylic acids is 1. The molecule has 2 rings (SSSR count). The molecule has 1 heterocycles. The van der Waals surface area contributed by atoms with E-state index >= 15 is 0 Å². The van der Waals surface area contributed by atoms with Crippen molar-refractivity contribution in [1.82, 2.24) is 14.8 Å². The number of carbonyl (C=O) groups is 1. The number of carboxylic acid groups (broad SMARTS) is 1. The predicted molar refractivity (Wildman–Crippen MR) is 83.9 cm³/mol. The van der Waals surface area contributed by atoms with Gasteiger partial charge in [-0.2, -0.15) is 0 Å². The molecule has 1 aliphatic carbocycles. The van der Waals surface area contributed by atoms with Crippen LogP contribution in [-0.2, 0) is 11.3 Å². The Morgan fingerprint density at radius 2 is 2.14 bits per heavy atom. The van der Waals surface area contributed by atoms with Gasteiger partial charge < -0.3 is 10.0 Å². The molecule has 2 atom stereocenters. The number of thioether (sulfide) groups is 1. The lowest BCUT2D eigenvalue weighted by Crippen LogP contribution is -2.40. The molecule has 6 nitrogen and oxygen atoms in total. The Bertz CT molecular complexity index is 491. The summed E-state index contributed by atoms with van der Waals surface area (Å²) in [5, 5.41) is 18.0. The van der Waals surface area contributed by atoms with Crippen LogP contribution in [0, 0.1) is 5.92 Å². The fourth-order valence-electron chi connectivity index (χ4n) is 3.07. The van der Waals surface area contributed by atoms with Crippen molar-refractivity contribution in [3.8, 4) is 0 Å². The van der Waals surface area contributed by atoms with Crippen molar-refractivity contribution in [2.24, 2.45) is 5.92 Å². The van der Waals surface area contributed by atoms with Crippen molar-refractivity contribution in [2.45, 2.75) is 57.3 Å². The second-order valence-electron chi connectivity index (χ2n) is 5.65. The van der Waals surface area contributed by atoms with E-state index in [2.05, 4.69) is 29.1 Å². The van der Waals surface area contributed by atoms with Crippen molar-refractivity contribution in [2.75, 3.05) is 17.7 Å². The van der Waals surface area contributed by atoms with E-state index in [9.17, 15) is 4.79 Å². The average molecular weight is 312 g/mol. The number of nitrogens with zero attached hydrogens (tertiary/aromatic N) is 4. The van der Waals surface area contributed by atoms with Gasteiger partial charge in [0.25, 0.3) is 0 Å². The van der Waals surface area contributed by atoms with Gasteiger partial charge in [-0.3, -0.25) is 9.36 Å². The van der Waals surface area contributed by atoms with Gasteiger partial charge in [0.05, 0.1) is 5.75 Å². The highest BCUT2D eigenvalue weighted by atomic mass is 32.2. The molecule has 1 fully saturated rings. The van der Waals surface area contributed by atoms with E-state index in [1.165, 1.54) is 37.4 Å². The Balaban J connectivity index is 2.16. The molecule has 2 unspecified atom stereocenters. The molecular weight excluding hydrogens is 288 g/mol. The monoisotopic (exact) mass is 312 g/mol. The highest BCUT2D eigenvalue weighted by Gasteiger charge is 2.28. The Kier molecular flexibility index (Phi) is 5.50. The summed E-state index contributed by atoms with van der Waals surface area (Å²) < 4.78 is 2.01. The van der Waals surface area contributed by atoms with Crippen LogP contribution < -0.4 is 4.90 Å². The third-order valence-corrected chi connectivity index (χ3v) is 5.17. The quantitative estimate of drug-likeness (QED) is 0.814. The second-order valence-corrected chi connectivity index (χ2v) is 6.59. The first-order chi connectivity index (χ1) is 10.0. The zero-order chi connectivity index (χ0) is 15.4. The van der Waals surface area contributed by atoms with E-state index in [1.807, 2.05) is 11.5 Å². The van der Waals surface area contributed by atoms with Crippen molar-refractivity contribution in [1.29, 1.82) is 0 Å². The topological polar surface area (TPSA) is 71.2 Å². The molecule has 7 heteroatoms. The minimum absolute atomic E-state index is 0.0156. The molecule has 1 N–H and O–H groups in total. The summed E-state index contributed by atoms with van der Waals surface area (Å²) in [6.07, 6.45) is 5.02. The Hall–Kier alpha value is -1.24. The van der Waals surface area contributed by atoms with E-state index < -0.39 is 5.97 Å². The molecular formula is C14H24N4O2S. The van der Waals surface area contributed by atoms with Crippen LogP contribution in [0.2, 0.25) is 0 Å². The fraction of sp³-hybridized carbons (Fsp3) is 0.786. The molecule has 118 valence electrons. The maximum atomic E-state index is 10.7. The molecule has 21 heavy (non-hydrogen) atoms. The van der Waals surface area contributed by atoms with Crippen LogP contribution in [0.3, 0.4) is 0 Å². The third-order valence-electron chi connectivity index (χ3n) is 4.22. The first-order valence-electron chi connectivity index (χ1n) is 7.55. The maximum Gasteiger partial charge on any atom is 0.313 e. The summed E-state index contributed by atoms with van der Waals surface area (Å²) in [5.41, 5.74) is 0. The van der Waals surface area contributed by atoms with Crippen LogP contribution in [0.1, 0.15) is 39.5 Å². The molecule has 0 spiro atoms. The molecule has 0 amide bonds. The van der Waals surface area contributed by atoms with Crippen LogP contribution in [0.15, 0.2) is 5.16 Å². The molecule has 0 aliphatic heterocycles. The molecule has 0 aromatic carbocycles. The number of anilines is 1. The van der Waals surface area contributed by atoms with Crippen LogP contribution in [-0.4, -0.2) is 44.7 Å². The van der Waals surface area contributed by atoms with Crippen molar-refractivity contribution in [3.05, 3.63) is 0 Å². The lowest BCUT2D eigenvalue weighted by molar-refractivity contribution is -0.133. The molecule has 1 aromatic heterocycles. The summed E-state index contributed by atoms with van der Waals surface area (Å²) >= 11 is 1.23. The van der Waals surface area contributed by atoms with Gasteiger partial charge >= 0.3 is 5.97 Å². The van der Waals surface area contributed by atoms with E-state index in [1.54, 1.807) is 0 Å². The van der Waals surface area contributed by atoms with Crippen LogP contribution in [0.4, 0.5) is 5.95 Å². The first-order valence-corrected chi connectivity index (χ1v) is 8.53. The average Bonchev–Trinajstić information content (AvgIpc) is 2.87. The highest BCUT2D eigenvalue weighted by molar-refractivity contribution is 7.99. The van der Waals surface area contributed by atoms with Gasteiger partial charge in [-0.15, -0.1) is 10.2 Å². The third kappa shape index (κ3) is 3.70. The largest absolute Gasteiger partial charge is 0.481 e. The Labute approximate surface area is 129 Å². The zero-order valence-corrected chi connectivity index (χ0v) is 13.8. The van der Waals surface area contributed by atoms with Crippen LogP contribution in [0.5, 0.6) is 0 Å². The van der Waals surface area contributed by atoms with Gasteiger partial charge in [-0.05, 0) is 25.7 Å². The van der Waals surface area contributed by atoms with Crippen molar-refractivity contribution >= 4 is 23.7 Å². The summed E-state index contributed by atoms with van der Waals surface area (Å²) in [6, 6.07) is 0.491. The molecule has 0 bridgehead atoms. The van der Waals surface area contributed by atoms with Gasteiger partial charge in [0.1, 0.15) is 0 Å². The SMILES string of the molecule is CCn1c(SCC(=O)O)nnc1N(C)C1CCCCC1C. The van der Waals surface area contributed by atoms with Gasteiger partial charge in [0.15, 0.2) is 5.16 Å². The predicted octanol–water partition coefficient (Wildman–Crippen LogP) is 2.49. The number of hydrogen-bond acceptors (Lipinski definition) is 5. The van der Waals surface area contributed by atoms with Gasteiger partial charge in [-0.25, -0.2) is 0 Å². The molecule has 0 saturated heterocycles. The first kappa shape index (κ1) is 16.1. The van der Waals surface area contributed by atoms with E-state index in [-0.39, 0.29) is 5.75 Å². The zero-order valence-electron chi connectivity index (χ0n) is 12.9. The molecule has 1 saturated carbocycles. The number of rotatable bonds is 6. The summed E-state index contributed by atoms with van der Waals surface area (Å²) in [6.45, 7) is 5.08. The standard InChI is InChI=1S/C14H24N4O2S/c1-4-18-13(15-16-14(18)21-9-12(19)20)17(3)11-8-6-5-7-10(11)2/h10-11H,4-9H2,1-3H3,(H,19,20). The lowest BCUT2D eigenvalue weighted by atomic mass is 9.85. The molecule has 0 radical (unpaired) electrons. The minimum atomic E-state index is -0.832. The summed E-state index contributed by atoms with van der Waals surface area (Å²) in [4.78, 5) is 12.9. The minimum Gasteiger partial charge on any atom is -0.481 e. The summed E-state index contributed by atoms with van der Waals surface area (Å²) in [7, 11) is 2.08. The van der Waals surface area contributed by atoms with E-state index in [0.29, 0.717) is 17.1 Å². The maximum absolute atomic E-state index is 10.7. The van der Waals surface area contributed by atoms with Crippen molar-refractivity contribution in [3.63, 3.8) is 0 Å². The van der Waals surface area contributed by atoms with E-state index in [0.717, 1.165) is 12.5 Å². The van der Waals surface area contributed by atoms with Gasteiger partial charge in [0, 0.05) is 19.6 Å². The summed E-state index contributed by atoms with van der Waals surface area (Å²) in [5.74, 6) is 0.688. The normalized spacial score (nSPS) is 22.2. The van der Waals surface area contributed by atoms with E-state index in [4.69, 9.17) is 5.11 Å². The molecule has 1 aromatic rings.